The Kier molecular flexibility index (Phi) is 4.88. The maximum Gasteiger partial charge on any atom is 0.314 e. The molecule has 0 fully saturated rings. The molecule has 0 aromatic heterocycles. The summed E-state index contributed by atoms with van der Waals surface area (Å²) in [5.74, 6) is -1.78. The van der Waals surface area contributed by atoms with Crippen LogP contribution in [0.4, 0.5) is 0 Å². The quantitative estimate of drug-likeness (QED) is 0.602. The first kappa shape index (κ1) is 13.6. The van der Waals surface area contributed by atoms with E-state index in [4.69, 9.17) is 28.3 Å². The van der Waals surface area contributed by atoms with Gasteiger partial charge in [-0.2, -0.15) is 0 Å². The maximum atomic E-state index is 11.2. The summed E-state index contributed by atoms with van der Waals surface area (Å²) in [4.78, 5) is 10.3. The zero-order chi connectivity index (χ0) is 12.2. The van der Waals surface area contributed by atoms with Crippen LogP contribution in [0.3, 0.4) is 0 Å². The molecule has 0 bridgehead atoms. The van der Waals surface area contributed by atoms with Crippen molar-refractivity contribution in [2.24, 2.45) is 5.92 Å². The molecular weight excluding hydrogens is 247 g/mol. The number of rotatable bonds is 5. The molecule has 1 rings (SSSR count). The van der Waals surface area contributed by atoms with Gasteiger partial charge in [-0.15, -0.1) is 11.6 Å². The third-order valence-corrected chi connectivity index (χ3v) is 3.67. The number of carboxylic acids is 1. The summed E-state index contributed by atoms with van der Waals surface area (Å²) < 4.78 is 0. The van der Waals surface area contributed by atoms with Gasteiger partial charge in [0.05, 0.1) is 4.87 Å². The van der Waals surface area contributed by atoms with Crippen molar-refractivity contribution < 1.29 is 9.90 Å². The van der Waals surface area contributed by atoms with E-state index in [0.717, 1.165) is 19.3 Å². The first-order valence-electron chi connectivity index (χ1n) is 5.48. The minimum Gasteiger partial charge on any atom is -0.481 e. The molecule has 0 saturated heterocycles. The lowest BCUT2D eigenvalue weighted by molar-refractivity contribution is -0.141. The van der Waals surface area contributed by atoms with Gasteiger partial charge in [0.2, 0.25) is 0 Å². The number of unbranched alkanes of at least 4 members (excludes halogenated alkanes) is 2. The molecule has 0 amide bonds. The molecule has 90 valence electrons. The molecule has 1 aliphatic rings. The molecule has 2 nitrogen and oxygen atoms in total. The van der Waals surface area contributed by atoms with E-state index in [9.17, 15) is 4.79 Å². The van der Waals surface area contributed by atoms with E-state index < -0.39 is 16.8 Å². The highest BCUT2D eigenvalue weighted by Gasteiger charge is 2.42. The summed E-state index contributed by atoms with van der Waals surface area (Å²) in [7, 11) is 0. The standard InChI is InChI=1S/C12H16Cl2O2/c1-2-3-4-7-12(14)8-5-6-9(13)10(12)11(15)16/h5-6,8,10H,2-4,7H2,1H3,(H,15,16). The zero-order valence-electron chi connectivity index (χ0n) is 9.25. The van der Waals surface area contributed by atoms with Crippen molar-refractivity contribution >= 4 is 29.2 Å². The summed E-state index contributed by atoms with van der Waals surface area (Å²) in [5.41, 5.74) is 0. The van der Waals surface area contributed by atoms with Gasteiger partial charge in [-0.1, -0.05) is 49.9 Å². The second-order valence-electron chi connectivity index (χ2n) is 4.07. The van der Waals surface area contributed by atoms with Gasteiger partial charge in [0.1, 0.15) is 5.92 Å². The normalized spacial score (nSPS) is 28.9. The molecule has 0 spiro atoms. The molecule has 0 radical (unpaired) electrons. The smallest absolute Gasteiger partial charge is 0.314 e. The van der Waals surface area contributed by atoms with Crippen LogP contribution < -0.4 is 0 Å². The average molecular weight is 263 g/mol. The van der Waals surface area contributed by atoms with Crippen LogP contribution in [0.25, 0.3) is 0 Å². The fraction of sp³-hybridized carbons (Fsp3) is 0.583. The molecular formula is C12H16Cl2O2. The number of aliphatic carboxylic acids is 1. The maximum absolute atomic E-state index is 11.2. The van der Waals surface area contributed by atoms with Crippen molar-refractivity contribution in [3.8, 4) is 0 Å². The topological polar surface area (TPSA) is 37.3 Å². The Morgan fingerprint density at radius 1 is 1.56 bits per heavy atom. The predicted octanol–water partition coefficient (Wildman–Crippen LogP) is 3.94. The van der Waals surface area contributed by atoms with Crippen molar-refractivity contribution in [2.45, 2.75) is 37.5 Å². The lowest BCUT2D eigenvalue weighted by atomic mass is 9.83. The SMILES string of the molecule is CCCCCC1(Cl)C=CC=C(Cl)C1C(=O)O. The van der Waals surface area contributed by atoms with Crippen molar-refractivity contribution in [3.63, 3.8) is 0 Å². The number of carboxylic acid groups (broad SMARTS) is 1. The molecule has 0 heterocycles. The Labute approximate surface area is 106 Å². The fourth-order valence-electron chi connectivity index (χ4n) is 1.92. The first-order chi connectivity index (χ1) is 7.51. The number of allylic oxidation sites excluding steroid dienone is 3. The molecule has 0 aromatic carbocycles. The van der Waals surface area contributed by atoms with Gasteiger partial charge in [-0.05, 0) is 12.5 Å². The lowest BCUT2D eigenvalue weighted by Gasteiger charge is -2.32. The van der Waals surface area contributed by atoms with E-state index in [-0.39, 0.29) is 0 Å². The summed E-state index contributed by atoms with van der Waals surface area (Å²) >= 11 is 12.3. The van der Waals surface area contributed by atoms with Crippen molar-refractivity contribution in [2.75, 3.05) is 0 Å². The van der Waals surface area contributed by atoms with Gasteiger partial charge in [0.25, 0.3) is 0 Å². The Balaban J connectivity index is 2.79. The Morgan fingerprint density at radius 3 is 2.81 bits per heavy atom. The van der Waals surface area contributed by atoms with Crippen molar-refractivity contribution in [1.82, 2.24) is 0 Å². The molecule has 0 saturated carbocycles. The van der Waals surface area contributed by atoms with E-state index in [1.807, 2.05) is 0 Å². The Hall–Kier alpha value is -0.470. The van der Waals surface area contributed by atoms with E-state index in [1.54, 1.807) is 18.2 Å². The van der Waals surface area contributed by atoms with Crippen molar-refractivity contribution in [3.05, 3.63) is 23.3 Å². The molecule has 2 unspecified atom stereocenters. The van der Waals surface area contributed by atoms with Gasteiger partial charge in [-0.25, -0.2) is 0 Å². The van der Waals surface area contributed by atoms with Crippen LogP contribution in [0.1, 0.15) is 32.6 Å². The summed E-state index contributed by atoms with van der Waals surface area (Å²) in [6.07, 6.45) is 8.77. The molecule has 1 aliphatic carbocycles. The van der Waals surface area contributed by atoms with E-state index in [2.05, 4.69) is 6.92 Å². The molecule has 2 atom stereocenters. The van der Waals surface area contributed by atoms with Crippen LogP contribution in [0, 0.1) is 5.92 Å². The van der Waals surface area contributed by atoms with Crippen LogP contribution in [0.5, 0.6) is 0 Å². The van der Waals surface area contributed by atoms with Crippen LogP contribution in [-0.4, -0.2) is 16.0 Å². The number of hydrogen-bond acceptors (Lipinski definition) is 1. The zero-order valence-corrected chi connectivity index (χ0v) is 10.8. The highest BCUT2D eigenvalue weighted by molar-refractivity contribution is 6.34. The second-order valence-corrected chi connectivity index (χ2v) is 5.21. The summed E-state index contributed by atoms with van der Waals surface area (Å²) in [6.45, 7) is 2.10. The molecule has 0 aromatic rings. The first-order valence-corrected chi connectivity index (χ1v) is 6.23. The summed E-state index contributed by atoms with van der Waals surface area (Å²) in [6, 6.07) is 0. The van der Waals surface area contributed by atoms with Crippen LogP contribution in [0.2, 0.25) is 0 Å². The summed E-state index contributed by atoms with van der Waals surface area (Å²) in [5, 5.41) is 9.46. The van der Waals surface area contributed by atoms with E-state index in [1.165, 1.54) is 0 Å². The lowest BCUT2D eigenvalue weighted by Crippen LogP contribution is -2.37. The largest absolute Gasteiger partial charge is 0.481 e. The van der Waals surface area contributed by atoms with Gasteiger partial charge in [0.15, 0.2) is 0 Å². The van der Waals surface area contributed by atoms with Gasteiger partial charge in [0, 0.05) is 5.03 Å². The van der Waals surface area contributed by atoms with Crippen LogP contribution in [0.15, 0.2) is 23.3 Å². The minimum absolute atomic E-state index is 0.307. The average Bonchev–Trinajstić information content (AvgIpc) is 2.16. The van der Waals surface area contributed by atoms with Crippen LogP contribution in [-0.2, 0) is 4.79 Å². The minimum atomic E-state index is -0.961. The number of hydrogen-bond donors (Lipinski definition) is 1. The third-order valence-electron chi connectivity index (χ3n) is 2.79. The fourth-order valence-corrected chi connectivity index (χ4v) is 2.75. The Bertz CT molecular complexity index is 323. The van der Waals surface area contributed by atoms with E-state index >= 15 is 0 Å². The van der Waals surface area contributed by atoms with Crippen LogP contribution >= 0.6 is 23.2 Å². The number of halogens is 2. The molecule has 4 heteroatoms. The van der Waals surface area contributed by atoms with Crippen molar-refractivity contribution in [1.29, 1.82) is 0 Å². The van der Waals surface area contributed by atoms with Gasteiger partial charge < -0.3 is 5.11 Å². The van der Waals surface area contributed by atoms with Gasteiger partial charge >= 0.3 is 5.97 Å². The van der Waals surface area contributed by atoms with Gasteiger partial charge in [-0.3, -0.25) is 4.79 Å². The number of alkyl halides is 1. The highest BCUT2D eigenvalue weighted by atomic mass is 35.5. The molecule has 0 aliphatic heterocycles. The molecule has 1 N–H and O–H groups in total. The van der Waals surface area contributed by atoms with E-state index in [0.29, 0.717) is 11.5 Å². The predicted molar refractivity (Wildman–Crippen MR) is 66.9 cm³/mol. The highest BCUT2D eigenvalue weighted by Crippen LogP contribution is 2.41. The second kappa shape index (κ2) is 5.74. The number of carbonyl (C=O) groups is 1. The molecule has 16 heavy (non-hydrogen) atoms. The Morgan fingerprint density at radius 2 is 2.25 bits per heavy atom. The third kappa shape index (κ3) is 3.02. The monoisotopic (exact) mass is 262 g/mol.